The zero-order chi connectivity index (χ0) is 23.2. The number of amides is 1. The third kappa shape index (κ3) is 5.51. The van der Waals surface area contributed by atoms with Gasteiger partial charge in [0.25, 0.3) is 0 Å². The van der Waals surface area contributed by atoms with E-state index in [9.17, 15) is 4.79 Å². The molecule has 1 N–H and O–H groups in total. The Bertz CT molecular complexity index is 1300. The number of pyridine rings is 2. The Labute approximate surface area is 202 Å². The zero-order valence-corrected chi connectivity index (χ0v) is 19.3. The highest BCUT2D eigenvalue weighted by Crippen LogP contribution is 2.30. The van der Waals surface area contributed by atoms with Crippen molar-refractivity contribution < 1.29 is 4.79 Å². The second-order valence-electron chi connectivity index (χ2n) is 7.90. The third-order valence-corrected chi connectivity index (χ3v) is 6.39. The largest absolute Gasteiger partial charge is 0.325 e. The monoisotopic (exact) mass is 465 g/mol. The number of benzene rings is 2. The lowest BCUT2D eigenvalue weighted by Crippen LogP contribution is -2.33. The SMILES string of the molecule is O=C(CN(Cc1ccccn1)Cc1ccccn1)Nc1ccc(-c2nc3ccccc3s2)cc1. The van der Waals surface area contributed by atoms with E-state index in [-0.39, 0.29) is 12.5 Å². The highest BCUT2D eigenvalue weighted by atomic mass is 32.1. The number of para-hydroxylation sites is 1. The minimum absolute atomic E-state index is 0.0837. The maximum absolute atomic E-state index is 12.9. The number of rotatable bonds is 8. The number of anilines is 1. The Morgan fingerprint density at radius 3 is 2.06 bits per heavy atom. The first kappa shape index (κ1) is 21.9. The summed E-state index contributed by atoms with van der Waals surface area (Å²) in [5.74, 6) is -0.0837. The van der Waals surface area contributed by atoms with Crippen LogP contribution in [-0.4, -0.2) is 32.3 Å². The van der Waals surface area contributed by atoms with Gasteiger partial charge in [-0.15, -0.1) is 11.3 Å². The van der Waals surface area contributed by atoms with Crippen LogP contribution in [0.4, 0.5) is 5.69 Å². The number of nitrogens with zero attached hydrogens (tertiary/aromatic N) is 4. The van der Waals surface area contributed by atoms with Gasteiger partial charge in [-0.25, -0.2) is 4.98 Å². The van der Waals surface area contributed by atoms with Crippen LogP contribution < -0.4 is 5.32 Å². The van der Waals surface area contributed by atoms with E-state index in [0.29, 0.717) is 13.1 Å². The molecule has 5 aromatic rings. The van der Waals surface area contributed by atoms with Crippen molar-refractivity contribution in [2.45, 2.75) is 13.1 Å². The molecule has 0 aliphatic heterocycles. The summed E-state index contributed by atoms with van der Waals surface area (Å²) in [5, 5.41) is 3.98. The summed E-state index contributed by atoms with van der Waals surface area (Å²) in [6.07, 6.45) is 3.53. The van der Waals surface area contributed by atoms with Crippen LogP contribution in [0.1, 0.15) is 11.4 Å². The van der Waals surface area contributed by atoms with E-state index in [0.717, 1.165) is 37.9 Å². The lowest BCUT2D eigenvalue weighted by Gasteiger charge is -2.21. The van der Waals surface area contributed by atoms with Crippen molar-refractivity contribution in [3.63, 3.8) is 0 Å². The summed E-state index contributed by atoms with van der Waals surface area (Å²) in [5.41, 5.74) is 4.61. The van der Waals surface area contributed by atoms with Crippen LogP contribution in [0.15, 0.2) is 97.3 Å². The molecule has 0 radical (unpaired) electrons. The second kappa shape index (κ2) is 10.3. The van der Waals surface area contributed by atoms with E-state index < -0.39 is 0 Å². The van der Waals surface area contributed by atoms with Gasteiger partial charge in [-0.2, -0.15) is 0 Å². The smallest absolute Gasteiger partial charge is 0.238 e. The van der Waals surface area contributed by atoms with Gasteiger partial charge >= 0.3 is 0 Å². The first-order valence-electron chi connectivity index (χ1n) is 11.0. The fourth-order valence-electron chi connectivity index (χ4n) is 3.70. The predicted molar refractivity (Wildman–Crippen MR) is 136 cm³/mol. The number of carbonyl (C=O) groups is 1. The van der Waals surface area contributed by atoms with Gasteiger partial charge in [0, 0.05) is 36.7 Å². The standard InChI is InChI=1S/C27H23N5OS/c33-26(19-32(17-22-7-3-5-15-28-22)18-23-8-4-6-16-29-23)30-21-13-11-20(12-14-21)27-31-24-9-1-2-10-25(24)34-27/h1-16H,17-19H2,(H,30,33). The average Bonchev–Trinajstić information content (AvgIpc) is 3.30. The molecule has 0 bridgehead atoms. The topological polar surface area (TPSA) is 71.0 Å². The normalized spacial score (nSPS) is 11.1. The Morgan fingerprint density at radius 1 is 0.794 bits per heavy atom. The number of fused-ring (bicyclic) bond motifs is 1. The van der Waals surface area contributed by atoms with Crippen LogP contribution in [0.2, 0.25) is 0 Å². The first-order chi connectivity index (χ1) is 16.7. The van der Waals surface area contributed by atoms with E-state index in [2.05, 4.69) is 21.4 Å². The molecule has 0 saturated carbocycles. The van der Waals surface area contributed by atoms with E-state index in [4.69, 9.17) is 4.98 Å². The first-order valence-corrected chi connectivity index (χ1v) is 11.8. The maximum Gasteiger partial charge on any atom is 0.238 e. The van der Waals surface area contributed by atoms with Crippen molar-refractivity contribution in [2.75, 3.05) is 11.9 Å². The summed E-state index contributed by atoms with van der Waals surface area (Å²) >= 11 is 1.66. The molecule has 0 unspecified atom stereocenters. The van der Waals surface area contributed by atoms with Crippen molar-refractivity contribution in [2.24, 2.45) is 0 Å². The van der Waals surface area contributed by atoms with Crippen molar-refractivity contribution in [3.8, 4) is 10.6 Å². The van der Waals surface area contributed by atoms with Crippen LogP contribution in [0.25, 0.3) is 20.8 Å². The fourth-order valence-corrected chi connectivity index (χ4v) is 4.68. The van der Waals surface area contributed by atoms with E-state index in [1.807, 2.05) is 83.8 Å². The lowest BCUT2D eigenvalue weighted by molar-refractivity contribution is -0.117. The van der Waals surface area contributed by atoms with Crippen molar-refractivity contribution in [1.29, 1.82) is 0 Å². The number of carbonyl (C=O) groups excluding carboxylic acids is 1. The molecule has 0 fully saturated rings. The van der Waals surface area contributed by atoms with Crippen LogP contribution in [0.3, 0.4) is 0 Å². The molecule has 3 heterocycles. The Kier molecular flexibility index (Phi) is 6.65. The van der Waals surface area contributed by atoms with E-state index in [1.54, 1.807) is 23.7 Å². The average molecular weight is 466 g/mol. The van der Waals surface area contributed by atoms with Crippen LogP contribution in [-0.2, 0) is 17.9 Å². The molecule has 6 nitrogen and oxygen atoms in total. The van der Waals surface area contributed by atoms with Crippen LogP contribution in [0, 0.1) is 0 Å². The fraction of sp³-hybridized carbons (Fsp3) is 0.111. The third-order valence-electron chi connectivity index (χ3n) is 5.30. The summed E-state index contributed by atoms with van der Waals surface area (Å²) in [6.45, 7) is 1.34. The summed E-state index contributed by atoms with van der Waals surface area (Å²) < 4.78 is 1.16. The van der Waals surface area contributed by atoms with Gasteiger partial charge in [0.15, 0.2) is 0 Å². The van der Waals surface area contributed by atoms with Crippen molar-refractivity contribution in [1.82, 2.24) is 19.9 Å². The molecular weight excluding hydrogens is 442 g/mol. The Balaban J connectivity index is 1.25. The van der Waals surface area contributed by atoms with Gasteiger partial charge in [-0.05, 0) is 60.7 Å². The van der Waals surface area contributed by atoms with Gasteiger partial charge in [-0.1, -0.05) is 24.3 Å². The Hall–Kier alpha value is -3.94. The molecule has 2 aromatic carbocycles. The number of thiazole rings is 1. The summed E-state index contributed by atoms with van der Waals surface area (Å²) in [4.78, 5) is 28.4. The highest BCUT2D eigenvalue weighted by molar-refractivity contribution is 7.21. The quantitative estimate of drug-likeness (QED) is 0.332. The molecule has 0 spiro atoms. The number of hydrogen-bond donors (Lipinski definition) is 1. The van der Waals surface area contributed by atoms with Gasteiger partial charge in [0.1, 0.15) is 5.01 Å². The van der Waals surface area contributed by atoms with Crippen molar-refractivity contribution in [3.05, 3.63) is 109 Å². The van der Waals surface area contributed by atoms with Gasteiger partial charge in [0.2, 0.25) is 5.91 Å². The molecular formula is C27H23N5OS. The minimum atomic E-state index is -0.0837. The van der Waals surface area contributed by atoms with E-state index in [1.165, 1.54) is 0 Å². The molecule has 1 amide bonds. The molecule has 0 aliphatic rings. The number of hydrogen-bond acceptors (Lipinski definition) is 6. The zero-order valence-electron chi connectivity index (χ0n) is 18.5. The molecule has 168 valence electrons. The van der Waals surface area contributed by atoms with E-state index >= 15 is 0 Å². The molecule has 0 saturated heterocycles. The molecule has 34 heavy (non-hydrogen) atoms. The van der Waals surface area contributed by atoms with Gasteiger partial charge < -0.3 is 5.32 Å². The number of aromatic nitrogens is 3. The molecule has 0 atom stereocenters. The molecule has 7 heteroatoms. The molecule has 3 aromatic heterocycles. The maximum atomic E-state index is 12.9. The second-order valence-corrected chi connectivity index (χ2v) is 8.93. The van der Waals surface area contributed by atoms with Crippen LogP contribution in [0.5, 0.6) is 0 Å². The minimum Gasteiger partial charge on any atom is -0.325 e. The predicted octanol–water partition coefficient (Wildman–Crippen LogP) is 5.39. The molecule has 0 aliphatic carbocycles. The lowest BCUT2D eigenvalue weighted by atomic mass is 10.2. The summed E-state index contributed by atoms with van der Waals surface area (Å²) in [7, 11) is 0. The number of nitrogens with one attached hydrogen (secondary N) is 1. The molecule has 5 rings (SSSR count). The van der Waals surface area contributed by atoms with Crippen LogP contribution >= 0.6 is 11.3 Å². The highest BCUT2D eigenvalue weighted by Gasteiger charge is 2.14. The summed E-state index contributed by atoms with van der Waals surface area (Å²) in [6, 6.07) is 27.5. The van der Waals surface area contributed by atoms with Crippen molar-refractivity contribution >= 4 is 33.1 Å². The van der Waals surface area contributed by atoms with Gasteiger partial charge in [-0.3, -0.25) is 19.7 Å². The Morgan fingerprint density at radius 2 is 1.44 bits per heavy atom. The van der Waals surface area contributed by atoms with Gasteiger partial charge in [0.05, 0.1) is 28.1 Å².